The van der Waals surface area contributed by atoms with Crippen LogP contribution in [0.4, 0.5) is 0 Å². The second kappa shape index (κ2) is 6.36. The van der Waals surface area contributed by atoms with Crippen molar-refractivity contribution in [2.24, 2.45) is 5.41 Å². The maximum Gasteiger partial charge on any atom is 0.243 e. The van der Waals surface area contributed by atoms with Gasteiger partial charge in [0.15, 0.2) is 0 Å². The highest BCUT2D eigenvalue weighted by atomic mass is 16.5. The van der Waals surface area contributed by atoms with Crippen molar-refractivity contribution in [3.63, 3.8) is 0 Å². The van der Waals surface area contributed by atoms with Crippen LogP contribution in [0.5, 0.6) is 0 Å². The Hall–Kier alpha value is -1.12. The summed E-state index contributed by atoms with van der Waals surface area (Å²) in [7, 11) is 1.77. The molecule has 0 saturated carbocycles. The van der Waals surface area contributed by atoms with Gasteiger partial charge in [-0.15, -0.1) is 0 Å². The zero-order chi connectivity index (χ0) is 13.7. The zero-order valence-electron chi connectivity index (χ0n) is 11.6. The third-order valence-corrected chi connectivity index (χ3v) is 4.07. The molecule has 0 spiro atoms. The summed E-state index contributed by atoms with van der Waals surface area (Å²) in [5.41, 5.74) is -0.887. The topological polar surface area (TPSA) is 62.6 Å². The molecule has 2 aliphatic rings. The first-order valence-electron chi connectivity index (χ1n) is 7.04. The van der Waals surface area contributed by atoms with E-state index in [0.717, 1.165) is 25.9 Å². The Morgan fingerprint density at radius 2 is 2.11 bits per heavy atom. The second-order valence-corrected chi connectivity index (χ2v) is 5.48. The van der Waals surface area contributed by atoms with Crippen molar-refractivity contribution >= 4 is 5.91 Å². The summed E-state index contributed by atoms with van der Waals surface area (Å²) in [4.78, 5) is 14.2. The van der Waals surface area contributed by atoms with Crippen LogP contribution in [0.25, 0.3) is 0 Å². The molecule has 0 radical (unpaired) electrons. The fourth-order valence-corrected chi connectivity index (χ4v) is 2.80. The molecule has 19 heavy (non-hydrogen) atoms. The fourth-order valence-electron chi connectivity index (χ4n) is 2.80. The predicted octanol–water partition coefficient (Wildman–Crippen LogP) is 1.33. The van der Waals surface area contributed by atoms with Gasteiger partial charge < -0.3 is 14.4 Å². The van der Waals surface area contributed by atoms with Crippen LogP contribution in [0.15, 0.2) is 0 Å². The number of amides is 1. The van der Waals surface area contributed by atoms with Crippen molar-refractivity contribution in [2.45, 2.75) is 38.2 Å². The van der Waals surface area contributed by atoms with Gasteiger partial charge in [-0.25, -0.2) is 0 Å². The molecule has 1 atom stereocenters. The molecule has 1 amide bonds. The Morgan fingerprint density at radius 3 is 2.68 bits per heavy atom. The Bertz CT molecular complexity index is 352. The number of nitriles is 1. The van der Waals surface area contributed by atoms with E-state index < -0.39 is 5.41 Å². The standard InChI is InChI=1S/C14H22N2O3/c1-16(10-12-4-2-3-7-19-12)13(17)14(11-15)5-8-18-9-6-14/h12H,2-10H2,1H3. The molecule has 1 unspecified atom stereocenters. The van der Waals surface area contributed by atoms with Crippen LogP contribution in [-0.2, 0) is 14.3 Å². The van der Waals surface area contributed by atoms with E-state index in [1.807, 2.05) is 0 Å². The SMILES string of the molecule is CN(CC1CCCCO1)C(=O)C1(C#N)CCOCC1. The number of nitrogens with zero attached hydrogens (tertiary/aromatic N) is 2. The number of ether oxygens (including phenoxy) is 2. The highest BCUT2D eigenvalue weighted by molar-refractivity contribution is 5.85. The van der Waals surface area contributed by atoms with Crippen molar-refractivity contribution in [1.29, 1.82) is 5.26 Å². The normalized spacial score (nSPS) is 26.4. The molecule has 2 aliphatic heterocycles. The minimum Gasteiger partial charge on any atom is -0.381 e. The fraction of sp³-hybridized carbons (Fsp3) is 0.857. The third-order valence-electron chi connectivity index (χ3n) is 4.07. The van der Waals surface area contributed by atoms with Crippen LogP contribution in [0.2, 0.25) is 0 Å². The number of likely N-dealkylation sites (N-methyl/N-ethyl adjacent to an activating group) is 1. The molecule has 0 aromatic carbocycles. The van der Waals surface area contributed by atoms with Crippen LogP contribution in [0, 0.1) is 16.7 Å². The molecule has 0 bridgehead atoms. The largest absolute Gasteiger partial charge is 0.381 e. The molecule has 2 heterocycles. The quantitative estimate of drug-likeness (QED) is 0.773. The van der Waals surface area contributed by atoms with Gasteiger partial charge in [-0.2, -0.15) is 5.26 Å². The molecule has 5 nitrogen and oxygen atoms in total. The van der Waals surface area contributed by atoms with Crippen LogP contribution >= 0.6 is 0 Å². The van der Waals surface area contributed by atoms with Crippen molar-refractivity contribution in [1.82, 2.24) is 4.90 Å². The number of hydrogen-bond donors (Lipinski definition) is 0. The van der Waals surface area contributed by atoms with Crippen LogP contribution in [0.1, 0.15) is 32.1 Å². The Morgan fingerprint density at radius 1 is 1.37 bits per heavy atom. The molecule has 0 aliphatic carbocycles. The van der Waals surface area contributed by atoms with E-state index in [1.165, 1.54) is 0 Å². The monoisotopic (exact) mass is 266 g/mol. The van der Waals surface area contributed by atoms with E-state index in [-0.39, 0.29) is 12.0 Å². The van der Waals surface area contributed by atoms with Gasteiger partial charge in [-0.05, 0) is 32.1 Å². The lowest BCUT2D eigenvalue weighted by Gasteiger charge is -2.35. The summed E-state index contributed by atoms with van der Waals surface area (Å²) in [6.45, 7) is 2.35. The molecule has 106 valence electrons. The van der Waals surface area contributed by atoms with E-state index in [9.17, 15) is 10.1 Å². The van der Waals surface area contributed by atoms with Crippen LogP contribution in [-0.4, -0.2) is 50.3 Å². The van der Waals surface area contributed by atoms with Crippen molar-refractivity contribution in [3.8, 4) is 6.07 Å². The molecular formula is C14H22N2O3. The summed E-state index contributed by atoms with van der Waals surface area (Å²) in [5, 5.41) is 9.38. The lowest BCUT2D eigenvalue weighted by atomic mass is 9.80. The molecule has 5 heteroatoms. The Labute approximate surface area is 114 Å². The number of carbonyl (C=O) groups excluding carboxylic acids is 1. The summed E-state index contributed by atoms with van der Waals surface area (Å²) in [6.07, 6.45) is 4.38. The first-order valence-corrected chi connectivity index (χ1v) is 7.04. The van der Waals surface area contributed by atoms with E-state index in [2.05, 4.69) is 6.07 Å². The predicted molar refractivity (Wildman–Crippen MR) is 69.3 cm³/mol. The molecule has 2 rings (SSSR count). The smallest absolute Gasteiger partial charge is 0.243 e. The Kier molecular flexibility index (Phi) is 4.78. The Balaban J connectivity index is 1.95. The van der Waals surface area contributed by atoms with Crippen molar-refractivity contribution in [3.05, 3.63) is 0 Å². The first-order chi connectivity index (χ1) is 9.18. The van der Waals surface area contributed by atoms with Gasteiger partial charge in [0.2, 0.25) is 5.91 Å². The molecular weight excluding hydrogens is 244 g/mol. The van der Waals surface area contributed by atoms with Gasteiger partial charge in [0, 0.05) is 33.4 Å². The number of hydrogen-bond acceptors (Lipinski definition) is 4. The summed E-state index contributed by atoms with van der Waals surface area (Å²) in [6, 6.07) is 2.22. The van der Waals surface area contributed by atoms with E-state index in [4.69, 9.17) is 9.47 Å². The molecule has 0 aromatic rings. The maximum atomic E-state index is 12.5. The lowest BCUT2D eigenvalue weighted by Crippen LogP contribution is -2.47. The molecule has 0 N–H and O–H groups in total. The van der Waals surface area contributed by atoms with Gasteiger partial charge in [0.1, 0.15) is 5.41 Å². The highest BCUT2D eigenvalue weighted by Gasteiger charge is 2.42. The minimum atomic E-state index is -0.887. The zero-order valence-corrected chi connectivity index (χ0v) is 11.6. The molecule has 0 aromatic heterocycles. The first kappa shape index (κ1) is 14.3. The maximum absolute atomic E-state index is 12.5. The summed E-state index contributed by atoms with van der Waals surface area (Å²) >= 11 is 0. The summed E-state index contributed by atoms with van der Waals surface area (Å²) < 4.78 is 10.9. The summed E-state index contributed by atoms with van der Waals surface area (Å²) in [5.74, 6) is -0.0764. The lowest BCUT2D eigenvalue weighted by molar-refractivity contribution is -0.144. The van der Waals surface area contributed by atoms with Crippen molar-refractivity contribution < 1.29 is 14.3 Å². The van der Waals surface area contributed by atoms with Gasteiger partial charge >= 0.3 is 0 Å². The van der Waals surface area contributed by atoms with Gasteiger partial charge in [-0.1, -0.05) is 0 Å². The molecule has 2 saturated heterocycles. The third kappa shape index (κ3) is 3.26. The van der Waals surface area contributed by atoms with Gasteiger partial charge in [0.25, 0.3) is 0 Å². The van der Waals surface area contributed by atoms with Gasteiger partial charge in [-0.3, -0.25) is 4.79 Å². The minimum absolute atomic E-state index is 0.0764. The van der Waals surface area contributed by atoms with E-state index in [0.29, 0.717) is 32.6 Å². The highest BCUT2D eigenvalue weighted by Crippen LogP contribution is 2.32. The van der Waals surface area contributed by atoms with E-state index >= 15 is 0 Å². The van der Waals surface area contributed by atoms with Crippen LogP contribution in [0.3, 0.4) is 0 Å². The average molecular weight is 266 g/mol. The van der Waals surface area contributed by atoms with E-state index in [1.54, 1.807) is 11.9 Å². The van der Waals surface area contributed by atoms with Gasteiger partial charge in [0.05, 0.1) is 12.2 Å². The second-order valence-electron chi connectivity index (χ2n) is 5.48. The number of rotatable bonds is 3. The van der Waals surface area contributed by atoms with Crippen LogP contribution < -0.4 is 0 Å². The number of carbonyl (C=O) groups is 1. The average Bonchev–Trinajstić information content (AvgIpc) is 2.48. The van der Waals surface area contributed by atoms with Crippen molar-refractivity contribution in [2.75, 3.05) is 33.4 Å². The molecule has 2 fully saturated rings.